The molecule has 0 fully saturated rings. The lowest BCUT2D eigenvalue weighted by molar-refractivity contribution is -0.114. The first-order valence-electron chi connectivity index (χ1n) is 8.03. The van der Waals surface area contributed by atoms with Gasteiger partial charge in [-0.1, -0.05) is 50.4 Å². The maximum absolute atomic E-state index is 12.2. The van der Waals surface area contributed by atoms with E-state index in [9.17, 15) is 9.59 Å². The average molecular weight is 392 g/mol. The Morgan fingerprint density at radius 3 is 2.62 bits per heavy atom. The van der Waals surface area contributed by atoms with Crippen molar-refractivity contribution in [1.29, 1.82) is 0 Å². The number of ether oxygens (including phenoxy) is 1. The number of carbonyl (C=O) groups is 2. The number of amides is 1. The monoisotopic (exact) mass is 391 g/mol. The summed E-state index contributed by atoms with van der Waals surface area (Å²) >= 11 is 12.7. The third-order valence-corrected chi connectivity index (χ3v) is 6.67. The molecule has 0 aliphatic heterocycles. The van der Waals surface area contributed by atoms with Crippen LogP contribution in [0.15, 0.2) is 0 Å². The molecule has 1 N–H and O–H groups in total. The number of anilines is 1. The number of methoxy groups -OCH3 is 1. The van der Waals surface area contributed by atoms with Crippen LogP contribution in [0.2, 0.25) is 0 Å². The summed E-state index contributed by atoms with van der Waals surface area (Å²) in [7, 11) is 1.34. The molecule has 1 heterocycles. The maximum atomic E-state index is 12.2. The van der Waals surface area contributed by atoms with Gasteiger partial charge in [0.1, 0.15) is 5.00 Å². The Bertz CT molecular complexity index is 640. The van der Waals surface area contributed by atoms with E-state index in [2.05, 4.69) is 26.1 Å². The molecule has 134 valence electrons. The zero-order valence-corrected chi connectivity index (χ0v) is 16.7. The number of thiophene rings is 1. The van der Waals surface area contributed by atoms with Gasteiger partial charge in [-0.15, -0.1) is 11.3 Å². The minimum absolute atomic E-state index is 0.244. The number of fused-ring (bicyclic) bond motifs is 1. The lowest BCUT2D eigenvalue weighted by Crippen LogP contribution is -2.28. The number of esters is 1. The molecule has 2 rings (SSSR count). The Morgan fingerprint density at radius 2 is 2.08 bits per heavy atom. The van der Waals surface area contributed by atoms with Crippen LogP contribution in [0.1, 0.15) is 54.4 Å². The third-order valence-electron chi connectivity index (χ3n) is 5.11. The molecule has 0 saturated heterocycles. The van der Waals surface area contributed by atoms with Crippen LogP contribution in [0.25, 0.3) is 0 Å². The normalized spacial score (nSPS) is 17.5. The van der Waals surface area contributed by atoms with Crippen LogP contribution in [-0.4, -0.2) is 23.8 Å². The van der Waals surface area contributed by atoms with Crippen LogP contribution in [0.3, 0.4) is 0 Å². The number of carbonyl (C=O) groups excluding carboxylic acids is 2. The fourth-order valence-corrected chi connectivity index (χ4v) is 4.54. The average Bonchev–Trinajstić information content (AvgIpc) is 2.90. The highest BCUT2D eigenvalue weighted by atomic mass is 35.5. The second-order valence-electron chi connectivity index (χ2n) is 6.77. The molecular formula is C17H23Cl2NO3S. The van der Waals surface area contributed by atoms with Crippen LogP contribution in [0.5, 0.6) is 0 Å². The predicted octanol–water partition coefficient (Wildman–Crippen LogP) is 4.82. The third kappa shape index (κ3) is 3.89. The van der Waals surface area contributed by atoms with Crippen LogP contribution < -0.4 is 5.32 Å². The van der Waals surface area contributed by atoms with Gasteiger partial charge < -0.3 is 10.1 Å². The highest BCUT2D eigenvalue weighted by Gasteiger charge is 2.35. The van der Waals surface area contributed by atoms with E-state index in [4.69, 9.17) is 27.9 Å². The van der Waals surface area contributed by atoms with Gasteiger partial charge in [0.25, 0.3) is 5.91 Å². The molecule has 7 heteroatoms. The number of halogens is 2. The first-order valence-corrected chi connectivity index (χ1v) is 9.72. The van der Waals surface area contributed by atoms with Gasteiger partial charge in [0.15, 0.2) is 4.84 Å². The molecule has 1 amide bonds. The van der Waals surface area contributed by atoms with Crippen molar-refractivity contribution in [3.63, 3.8) is 0 Å². The molecule has 1 aromatic heterocycles. The van der Waals surface area contributed by atoms with Gasteiger partial charge >= 0.3 is 5.97 Å². The van der Waals surface area contributed by atoms with E-state index in [0.29, 0.717) is 16.5 Å². The van der Waals surface area contributed by atoms with Gasteiger partial charge in [-0.25, -0.2) is 4.79 Å². The Hall–Kier alpha value is -0.780. The Morgan fingerprint density at radius 1 is 1.42 bits per heavy atom. The SMILES string of the molecule is CCC(C)(C)C1CCc2c(sc(NC(=O)C(Cl)Cl)c2C(=O)OC)C1. The molecule has 0 aromatic carbocycles. The van der Waals surface area contributed by atoms with E-state index in [1.165, 1.54) is 18.4 Å². The summed E-state index contributed by atoms with van der Waals surface area (Å²) < 4.78 is 4.91. The van der Waals surface area contributed by atoms with E-state index in [1.54, 1.807) is 0 Å². The molecule has 0 saturated carbocycles. The maximum Gasteiger partial charge on any atom is 0.341 e. The summed E-state index contributed by atoms with van der Waals surface area (Å²) in [6, 6.07) is 0. The van der Waals surface area contributed by atoms with Crippen molar-refractivity contribution in [2.45, 2.75) is 51.3 Å². The zero-order chi connectivity index (χ0) is 18.1. The fourth-order valence-electron chi connectivity index (χ4n) is 3.11. The summed E-state index contributed by atoms with van der Waals surface area (Å²) in [5, 5.41) is 3.15. The van der Waals surface area contributed by atoms with Crippen molar-refractivity contribution < 1.29 is 14.3 Å². The number of hydrogen-bond acceptors (Lipinski definition) is 4. The molecule has 0 radical (unpaired) electrons. The summed E-state index contributed by atoms with van der Waals surface area (Å²) in [6.45, 7) is 6.77. The highest BCUT2D eigenvalue weighted by molar-refractivity contribution is 7.17. The molecule has 0 bridgehead atoms. The molecular weight excluding hydrogens is 369 g/mol. The van der Waals surface area contributed by atoms with Crippen molar-refractivity contribution in [3.05, 3.63) is 16.0 Å². The second kappa shape index (κ2) is 7.63. The fraction of sp³-hybridized carbons (Fsp3) is 0.647. The van der Waals surface area contributed by atoms with Gasteiger partial charge in [-0.2, -0.15) is 0 Å². The molecule has 1 aromatic rings. The number of rotatable bonds is 5. The van der Waals surface area contributed by atoms with E-state index in [0.717, 1.165) is 36.1 Å². The molecule has 1 atom stereocenters. The summed E-state index contributed by atoms with van der Waals surface area (Å²) in [5.41, 5.74) is 1.69. The lowest BCUT2D eigenvalue weighted by atomic mass is 9.69. The number of alkyl halides is 2. The number of hydrogen-bond donors (Lipinski definition) is 1. The van der Waals surface area contributed by atoms with Crippen molar-refractivity contribution in [2.75, 3.05) is 12.4 Å². The zero-order valence-electron chi connectivity index (χ0n) is 14.4. The molecule has 1 aliphatic rings. The first-order chi connectivity index (χ1) is 11.2. The van der Waals surface area contributed by atoms with E-state index in [1.807, 2.05) is 0 Å². The Kier molecular flexibility index (Phi) is 6.21. The molecule has 24 heavy (non-hydrogen) atoms. The molecule has 4 nitrogen and oxygen atoms in total. The minimum Gasteiger partial charge on any atom is -0.465 e. The predicted molar refractivity (Wildman–Crippen MR) is 99.4 cm³/mol. The summed E-state index contributed by atoms with van der Waals surface area (Å²) in [5.74, 6) is -0.416. The molecule has 1 aliphatic carbocycles. The van der Waals surface area contributed by atoms with Crippen molar-refractivity contribution in [2.24, 2.45) is 11.3 Å². The minimum atomic E-state index is -1.18. The standard InChI is InChI=1S/C17H23Cl2NO3S/c1-5-17(2,3)9-6-7-10-11(8-9)24-15(12(10)16(22)23-4)20-14(21)13(18)19/h9,13H,5-8H2,1-4H3,(H,20,21). The quantitative estimate of drug-likeness (QED) is 0.578. The van der Waals surface area contributed by atoms with Crippen molar-refractivity contribution in [3.8, 4) is 0 Å². The highest BCUT2D eigenvalue weighted by Crippen LogP contribution is 2.45. The summed E-state index contributed by atoms with van der Waals surface area (Å²) in [6.07, 6.45) is 3.85. The van der Waals surface area contributed by atoms with E-state index in [-0.39, 0.29) is 5.41 Å². The van der Waals surface area contributed by atoms with E-state index < -0.39 is 16.7 Å². The lowest BCUT2D eigenvalue weighted by Gasteiger charge is -2.36. The molecule has 1 unspecified atom stereocenters. The van der Waals surface area contributed by atoms with Crippen LogP contribution in [-0.2, 0) is 22.4 Å². The Labute approximate surface area is 156 Å². The largest absolute Gasteiger partial charge is 0.465 e. The van der Waals surface area contributed by atoms with Gasteiger partial charge in [0, 0.05) is 4.88 Å². The van der Waals surface area contributed by atoms with Crippen molar-refractivity contribution >= 4 is 51.4 Å². The van der Waals surface area contributed by atoms with Gasteiger partial charge in [0.2, 0.25) is 0 Å². The van der Waals surface area contributed by atoms with Crippen molar-refractivity contribution in [1.82, 2.24) is 0 Å². The van der Waals surface area contributed by atoms with Gasteiger partial charge in [-0.3, -0.25) is 4.79 Å². The second-order valence-corrected chi connectivity index (χ2v) is 8.97. The number of nitrogens with one attached hydrogen (secondary N) is 1. The van der Waals surface area contributed by atoms with Gasteiger partial charge in [-0.05, 0) is 36.2 Å². The van der Waals surface area contributed by atoms with Crippen LogP contribution in [0, 0.1) is 11.3 Å². The smallest absolute Gasteiger partial charge is 0.341 e. The Balaban J connectivity index is 2.38. The van der Waals surface area contributed by atoms with E-state index >= 15 is 0 Å². The van der Waals surface area contributed by atoms with Crippen LogP contribution in [0.4, 0.5) is 5.00 Å². The van der Waals surface area contributed by atoms with Crippen LogP contribution >= 0.6 is 34.5 Å². The summed E-state index contributed by atoms with van der Waals surface area (Å²) in [4.78, 5) is 24.0. The molecule has 0 spiro atoms. The van der Waals surface area contributed by atoms with Gasteiger partial charge in [0.05, 0.1) is 12.7 Å². The topological polar surface area (TPSA) is 55.4 Å². The first kappa shape index (κ1) is 19.5.